The van der Waals surface area contributed by atoms with Crippen molar-refractivity contribution in [3.8, 4) is 0 Å². The minimum atomic E-state index is -3.35. The largest absolute Gasteiger partial charge is 0.395 e. The lowest BCUT2D eigenvalue weighted by Crippen LogP contribution is -2.33. The molecular formula is C46H92NO7P. The number of rotatable bonds is 46. The van der Waals surface area contributed by atoms with Crippen molar-refractivity contribution in [1.82, 2.24) is 4.90 Å². The van der Waals surface area contributed by atoms with Gasteiger partial charge in [-0.2, -0.15) is 0 Å². The molecule has 0 spiro atoms. The lowest BCUT2D eigenvalue weighted by atomic mass is 10.1. The van der Waals surface area contributed by atoms with Gasteiger partial charge >= 0.3 is 7.60 Å². The summed E-state index contributed by atoms with van der Waals surface area (Å²) >= 11 is 0. The number of hydrogen-bond donors (Lipinski definition) is 2. The van der Waals surface area contributed by atoms with Gasteiger partial charge in [-0.15, -0.1) is 0 Å². The number of allylic oxidation sites excluding steroid dienone is 4. The normalized spacial score (nSPS) is 13.4. The maximum atomic E-state index is 13.2. The number of nitrogens with zero attached hydrogens (tertiary/aromatic N) is 1. The summed E-state index contributed by atoms with van der Waals surface area (Å²) in [5.41, 5.74) is 0. The quantitative estimate of drug-likeness (QED) is 0.0357. The number of aliphatic hydroxyl groups is 2. The third-order valence-corrected chi connectivity index (χ3v) is 11.4. The summed E-state index contributed by atoms with van der Waals surface area (Å²) in [6.45, 7) is 9.47. The molecule has 0 saturated heterocycles. The first-order chi connectivity index (χ1) is 27.0. The molecule has 0 aromatic rings. The van der Waals surface area contributed by atoms with E-state index in [1.165, 1.54) is 161 Å². The molecule has 0 aliphatic rings. The molecule has 0 fully saturated rings. The Morgan fingerprint density at radius 1 is 0.491 bits per heavy atom. The fourth-order valence-corrected chi connectivity index (χ4v) is 7.83. The van der Waals surface area contributed by atoms with Gasteiger partial charge in [0, 0.05) is 39.5 Å². The molecule has 9 heteroatoms. The first-order valence-electron chi connectivity index (χ1n) is 23.3. The second-order valence-corrected chi connectivity index (χ2v) is 17.7. The molecule has 0 radical (unpaired) electrons. The molecule has 0 aliphatic heterocycles. The highest BCUT2D eigenvalue weighted by atomic mass is 31.2. The highest BCUT2D eigenvalue weighted by Gasteiger charge is 2.24. The van der Waals surface area contributed by atoms with Gasteiger partial charge in [0.1, 0.15) is 6.10 Å². The van der Waals surface area contributed by atoms with Crippen LogP contribution in [0.2, 0.25) is 0 Å². The monoisotopic (exact) mass is 802 g/mol. The molecule has 0 rings (SSSR count). The Morgan fingerprint density at radius 2 is 0.836 bits per heavy atom. The van der Waals surface area contributed by atoms with Crippen LogP contribution < -0.4 is 0 Å². The number of aliphatic hydroxyl groups excluding tert-OH is 2. The zero-order valence-corrected chi connectivity index (χ0v) is 37.5. The maximum absolute atomic E-state index is 13.2. The van der Waals surface area contributed by atoms with Gasteiger partial charge in [-0.1, -0.05) is 154 Å². The molecular weight excluding hydrogens is 709 g/mol. The van der Waals surface area contributed by atoms with Gasteiger partial charge in [-0.05, 0) is 64.2 Å². The van der Waals surface area contributed by atoms with Crippen molar-refractivity contribution in [2.24, 2.45) is 0 Å². The molecule has 328 valence electrons. The van der Waals surface area contributed by atoms with Crippen LogP contribution >= 0.6 is 7.60 Å². The molecule has 0 heterocycles. The van der Waals surface area contributed by atoms with Crippen LogP contribution in [0.3, 0.4) is 0 Å². The van der Waals surface area contributed by atoms with Crippen molar-refractivity contribution < 1.29 is 33.3 Å². The van der Waals surface area contributed by atoms with Crippen LogP contribution in [-0.2, 0) is 23.1 Å². The fraction of sp³-hybridized carbons (Fsp3) is 0.913. The molecule has 2 N–H and O–H groups in total. The molecule has 1 atom stereocenters. The van der Waals surface area contributed by atoms with E-state index < -0.39 is 13.7 Å². The summed E-state index contributed by atoms with van der Waals surface area (Å²) < 4.78 is 36.8. The standard InChI is InChI=1S/C46H92NO7P/c1-4-6-8-10-12-14-16-18-20-22-24-26-28-30-32-34-41-51-44-46(54-55(3,50)53-43-38-47(36-39-48)37-40-49)45-52-42-35-33-31-29-27-25-23-21-19-17-15-13-11-9-7-5-2/h18-21,46,48-49H,4-17,22-45H2,1-3H3/b20-18-,21-19-. The van der Waals surface area contributed by atoms with Gasteiger partial charge in [-0.3, -0.25) is 9.46 Å². The molecule has 0 bridgehead atoms. The molecule has 0 aliphatic carbocycles. The molecule has 0 saturated carbocycles. The number of hydrogen-bond acceptors (Lipinski definition) is 8. The Hall–Kier alpha value is -0.570. The highest BCUT2D eigenvalue weighted by Crippen LogP contribution is 2.45. The Labute approximate surface area is 341 Å². The zero-order valence-electron chi connectivity index (χ0n) is 36.6. The first kappa shape index (κ1) is 54.4. The summed E-state index contributed by atoms with van der Waals surface area (Å²) in [5.74, 6) is 0. The zero-order chi connectivity index (χ0) is 40.2. The van der Waals surface area contributed by atoms with Gasteiger partial charge < -0.3 is 28.7 Å². The molecule has 0 aromatic carbocycles. The van der Waals surface area contributed by atoms with Crippen LogP contribution in [0.15, 0.2) is 24.3 Å². The third-order valence-electron chi connectivity index (χ3n) is 10.1. The SMILES string of the molecule is CCCCCCCC/C=C\CCCCCCCCOCC(COCCCCCCCC/C=C\CCCCCCCC)OP(C)(=O)OCCN(CCO)CCO. The first-order valence-corrected chi connectivity index (χ1v) is 25.3. The predicted molar refractivity (Wildman–Crippen MR) is 236 cm³/mol. The van der Waals surface area contributed by atoms with Crippen LogP contribution in [0, 0.1) is 0 Å². The van der Waals surface area contributed by atoms with Crippen LogP contribution in [0.1, 0.15) is 194 Å². The van der Waals surface area contributed by atoms with Crippen molar-refractivity contribution in [2.75, 3.05) is 72.5 Å². The van der Waals surface area contributed by atoms with Gasteiger partial charge in [0.05, 0.1) is 33.0 Å². The van der Waals surface area contributed by atoms with Crippen molar-refractivity contribution >= 4 is 7.60 Å². The van der Waals surface area contributed by atoms with Crippen LogP contribution in [0.25, 0.3) is 0 Å². The second kappa shape index (κ2) is 44.5. The van der Waals surface area contributed by atoms with E-state index in [1.54, 1.807) is 0 Å². The van der Waals surface area contributed by atoms with Crippen molar-refractivity contribution in [3.63, 3.8) is 0 Å². The summed E-state index contributed by atoms with van der Waals surface area (Å²) in [5, 5.41) is 18.5. The Morgan fingerprint density at radius 3 is 1.20 bits per heavy atom. The van der Waals surface area contributed by atoms with Crippen LogP contribution in [-0.4, -0.2) is 93.8 Å². The van der Waals surface area contributed by atoms with Gasteiger partial charge in [0.25, 0.3) is 0 Å². The topological polar surface area (TPSA) is 97.7 Å². The van der Waals surface area contributed by atoms with E-state index in [0.29, 0.717) is 46.1 Å². The van der Waals surface area contributed by atoms with E-state index in [1.807, 2.05) is 4.90 Å². The van der Waals surface area contributed by atoms with E-state index in [2.05, 4.69) is 38.2 Å². The Balaban J connectivity index is 4.24. The average molecular weight is 802 g/mol. The van der Waals surface area contributed by atoms with E-state index in [4.69, 9.17) is 18.5 Å². The Bertz CT molecular complexity index is 806. The van der Waals surface area contributed by atoms with Crippen molar-refractivity contribution in [1.29, 1.82) is 0 Å². The van der Waals surface area contributed by atoms with Crippen LogP contribution in [0.4, 0.5) is 0 Å². The lowest BCUT2D eigenvalue weighted by Gasteiger charge is -2.24. The minimum absolute atomic E-state index is 0.00890. The average Bonchev–Trinajstić information content (AvgIpc) is 3.16. The predicted octanol–water partition coefficient (Wildman–Crippen LogP) is 12.6. The van der Waals surface area contributed by atoms with Crippen molar-refractivity contribution in [3.05, 3.63) is 24.3 Å². The number of ether oxygens (including phenoxy) is 2. The van der Waals surface area contributed by atoms with E-state index in [0.717, 1.165) is 25.7 Å². The lowest BCUT2D eigenvalue weighted by molar-refractivity contribution is -0.0145. The van der Waals surface area contributed by atoms with E-state index >= 15 is 0 Å². The van der Waals surface area contributed by atoms with Gasteiger partial charge in [-0.25, -0.2) is 0 Å². The summed E-state index contributed by atoms with van der Waals surface area (Å²) in [7, 11) is -3.35. The molecule has 0 aromatic heterocycles. The molecule has 55 heavy (non-hydrogen) atoms. The summed E-state index contributed by atoms with van der Waals surface area (Å²) in [4.78, 5) is 1.87. The number of unbranched alkanes of at least 4 members (excludes halogenated alkanes) is 24. The maximum Gasteiger partial charge on any atom is 0.328 e. The summed E-state index contributed by atoms with van der Waals surface area (Å²) in [6.07, 6.45) is 44.8. The summed E-state index contributed by atoms with van der Waals surface area (Å²) in [6, 6.07) is 0. The van der Waals surface area contributed by atoms with Crippen molar-refractivity contribution in [2.45, 2.75) is 200 Å². The molecule has 1 unspecified atom stereocenters. The Kier molecular flexibility index (Phi) is 44.1. The van der Waals surface area contributed by atoms with Gasteiger partial charge in [0.2, 0.25) is 0 Å². The van der Waals surface area contributed by atoms with E-state index in [9.17, 15) is 14.8 Å². The van der Waals surface area contributed by atoms with Crippen LogP contribution in [0.5, 0.6) is 0 Å². The van der Waals surface area contributed by atoms with Gasteiger partial charge in [0.15, 0.2) is 0 Å². The fourth-order valence-electron chi connectivity index (χ4n) is 6.70. The molecule has 8 nitrogen and oxygen atoms in total. The second-order valence-electron chi connectivity index (χ2n) is 15.6. The minimum Gasteiger partial charge on any atom is -0.395 e. The third kappa shape index (κ3) is 42.8. The van der Waals surface area contributed by atoms with E-state index in [-0.39, 0.29) is 19.8 Å². The molecule has 0 amide bonds. The highest BCUT2D eigenvalue weighted by molar-refractivity contribution is 7.53. The smallest absolute Gasteiger partial charge is 0.328 e.